The standard InChI is InChI=1S/C19H22N2O4/c1-13-12-24-18(15-6-4-3-5-7-15)11-21(13)19(23)17-9-8-16(25-17)10-20-14(2)22/h3-9,13,18H,10-12H2,1-2H3,(H,20,22)/t13-,18-/m0/s1. The number of nitrogens with one attached hydrogen (secondary N) is 1. The average molecular weight is 342 g/mol. The van der Waals surface area contributed by atoms with Crippen LogP contribution < -0.4 is 5.32 Å². The van der Waals surface area contributed by atoms with Gasteiger partial charge in [0, 0.05) is 6.92 Å². The third kappa shape index (κ3) is 4.09. The first kappa shape index (κ1) is 17.2. The lowest BCUT2D eigenvalue weighted by atomic mass is 10.1. The predicted octanol–water partition coefficient (Wildman–Crippen LogP) is 2.52. The Hall–Kier alpha value is -2.60. The molecule has 1 aromatic heterocycles. The molecule has 0 spiro atoms. The summed E-state index contributed by atoms with van der Waals surface area (Å²) >= 11 is 0. The van der Waals surface area contributed by atoms with Crippen molar-refractivity contribution in [2.75, 3.05) is 13.2 Å². The van der Waals surface area contributed by atoms with Crippen LogP contribution in [0, 0.1) is 0 Å². The molecule has 1 fully saturated rings. The van der Waals surface area contributed by atoms with Gasteiger partial charge in [0.25, 0.3) is 5.91 Å². The first-order chi connectivity index (χ1) is 12.0. The number of hydrogen-bond acceptors (Lipinski definition) is 4. The van der Waals surface area contributed by atoms with Gasteiger partial charge in [0.2, 0.25) is 5.91 Å². The fourth-order valence-electron chi connectivity index (χ4n) is 2.85. The van der Waals surface area contributed by atoms with Crippen molar-refractivity contribution in [1.29, 1.82) is 0 Å². The maximum atomic E-state index is 12.8. The van der Waals surface area contributed by atoms with E-state index in [4.69, 9.17) is 9.15 Å². The van der Waals surface area contributed by atoms with Gasteiger partial charge in [-0.3, -0.25) is 9.59 Å². The number of carbonyl (C=O) groups excluding carboxylic acids is 2. The van der Waals surface area contributed by atoms with Crippen LogP contribution in [0.1, 0.15) is 41.8 Å². The largest absolute Gasteiger partial charge is 0.454 e. The van der Waals surface area contributed by atoms with Crippen LogP contribution in [-0.2, 0) is 16.1 Å². The zero-order valence-corrected chi connectivity index (χ0v) is 14.4. The Kier molecular flexibility index (Phi) is 5.19. The summed E-state index contributed by atoms with van der Waals surface area (Å²) in [7, 11) is 0. The maximum Gasteiger partial charge on any atom is 0.289 e. The van der Waals surface area contributed by atoms with Crippen LogP contribution in [0.15, 0.2) is 46.9 Å². The molecule has 132 valence electrons. The molecule has 3 rings (SSSR count). The van der Waals surface area contributed by atoms with Crippen LogP contribution in [0.2, 0.25) is 0 Å². The molecule has 25 heavy (non-hydrogen) atoms. The van der Waals surface area contributed by atoms with E-state index in [1.807, 2.05) is 37.3 Å². The SMILES string of the molecule is CC(=O)NCc1ccc(C(=O)N2C[C@@H](c3ccccc3)OC[C@@H]2C)o1. The van der Waals surface area contributed by atoms with E-state index in [2.05, 4.69) is 5.32 Å². The second-order valence-corrected chi connectivity index (χ2v) is 6.21. The van der Waals surface area contributed by atoms with Crippen LogP contribution >= 0.6 is 0 Å². The Labute approximate surface area is 146 Å². The average Bonchev–Trinajstić information content (AvgIpc) is 3.09. The van der Waals surface area contributed by atoms with Gasteiger partial charge in [-0.05, 0) is 24.6 Å². The summed E-state index contributed by atoms with van der Waals surface area (Å²) in [6.45, 7) is 4.62. The van der Waals surface area contributed by atoms with Gasteiger partial charge in [-0.25, -0.2) is 0 Å². The minimum absolute atomic E-state index is 0.0312. The molecule has 0 bridgehead atoms. The van der Waals surface area contributed by atoms with Crippen LogP contribution in [0.5, 0.6) is 0 Å². The van der Waals surface area contributed by atoms with Gasteiger partial charge in [0.15, 0.2) is 5.76 Å². The molecular formula is C19H22N2O4. The Morgan fingerprint density at radius 3 is 2.68 bits per heavy atom. The van der Waals surface area contributed by atoms with Gasteiger partial charge >= 0.3 is 0 Å². The van der Waals surface area contributed by atoms with Crippen molar-refractivity contribution in [1.82, 2.24) is 10.2 Å². The minimum atomic E-state index is -0.161. The highest BCUT2D eigenvalue weighted by Gasteiger charge is 2.32. The predicted molar refractivity (Wildman–Crippen MR) is 91.9 cm³/mol. The number of amides is 2. The number of benzene rings is 1. The molecule has 6 nitrogen and oxygen atoms in total. The Morgan fingerprint density at radius 2 is 1.96 bits per heavy atom. The molecule has 0 radical (unpaired) electrons. The molecule has 2 aromatic rings. The number of hydrogen-bond donors (Lipinski definition) is 1. The molecule has 0 saturated carbocycles. The molecular weight excluding hydrogens is 320 g/mol. The lowest BCUT2D eigenvalue weighted by molar-refractivity contribution is -0.119. The minimum Gasteiger partial charge on any atom is -0.454 e. The highest BCUT2D eigenvalue weighted by molar-refractivity contribution is 5.91. The maximum absolute atomic E-state index is 12.8. The van der Waals surface area contributed by atoms with Crippen LogP contribution in [-0.4, -0.2) is 35.9 Å². The number of furan rings is 1. The number of nitrogens with zero attached hydrogens (tertiary/aromatic N) is 1. The van der Waals surface area contributed by atoms with E-state index in [0.29, 0.717) is 18.9 Å². The lowest BCUT2D eigenvalue weighted by Crippen LogP contribution is -2.48. The molecule has 1 N–H and O–H groups in total. The smallest absolute Gasteiger partial charge is 0.289 e. The van der Waals surface area contributed by atoms with E-state index in [1.165, 1.54) is 6.92 Å². The third-order valence-corrected chi connectivity index (χ3v) is 4.25. The van der Waals surface area contributed by atoms with Gasteiger partial charge in [0.05, 0.1) is 25.7 Å². The third-order valence-electron chi connectivity index (χ3n) is 4.25. The normalized spacial score (nSPS) is 20.3. The van der Waals surface area contributed by atoms with E-state index in [9.17, 15) is 9.59 Å². The molecule has 6 heteroatoms. The van der Waals surface area contributed by atoms with Crippen molar-refractivity contribution in [3.05, 3.63) is 59.5 Å². The number of carbonyl (C=O) groups is 2. The molecule has 1 aliphatic heterocycles. The highest BCUT2D eigenvalue weighted by Crippen LogP contribution is 2.26. The van der Waals surface area contributed by atoms with Gasteiger partial charge in [0.1, 0.15) is 11.9 Å². The van der Waals surface area contributed by atoms with Gasteiger partial charge in [-0.15, -0.1) is 0 Å². The van der Waals surface area contributed by atoms with Gasteiger partial charge < -0.3 is 19.4 Å². The first-order valence-electron chi connectivity index (χ1n) is 8.35. The molecule has 2 heterocycles. The fraction of sp³-hybridized carbons (Fsp3) is 0.368. The monoisotopic (exact) mass is 342 g/mol. The zero-order chi connectivity index (χ0) is 17.8. The summed E-state index contributed by atoms with van der Waals surface area (Å²) in [5.41, 5.74) is 1.05. The van der Waals surface area contributed by atoms with Crippen LogP contribution in [0.25, 0.3) is 0 Å². The van der Waals surface area contributed by atoms with Crippen molar-refractivity contribution in [3.8, 4) is 0 Å². The second-order valence-electron chi connectivity index (χ2n) is 6.21. The number of rotatable bonds is 4. The molecule has 1 aliphatic rings. The Balaban J connectivity index is 1.70. The topological polar surface area (TPSA) is 71.8 Å². The van der Waals surface area contributed by atoms with E-state index >= 15 is 0 Å². The molecule has 0 unspecified atom stereocenters. The Bertz CT molecular complexity index is 741. The summed E-state index contributed by atoms with van der Waals surface area (Å²) in [6, 6.07) is 13.2. The molecule has 0 aliphatic carbocycles. The Morgan fingerprint density at radius 1 is 1.20 bits per heavy atom. The quantitative estimate of drug-likeness (QED) is 0.927. The molecule has 1 aromatic carbocycles. The summed E-state index contributed by atoms with van der Waals surface area (Å²) < 4.78 is 11.5. The van der Waals surface area contributed by atoms with E-state index in [1.54, 1.807) is 17.0 Å². The summed E-state index contributed by atoms with van der Waals surface area (Å²) in [6.07, 6.45) is -0.143. The van der Waals surface area contributed by atoms with Crippen molar-refractivity contribution in [3.63, 3.8) is 0 Å². The van der Waals surface area contributed by atoms with Gasteiger partial charge in [-0.1, -0.05) is 30.3 Å². The first-order valence-corrected chi connectivity index (χ1v) is 8.35. The second kappa shape index (κ2) is 7.53. The fourth-order valence-corrected chi connectivity index (χ4v) is 2.85. The number of morpholine rings is 1. The van der Waals surface area contributed by atoms with Crippen LogP contribution in [0.3, 0.4) is 0 Å². The van der Waals surface area contributed by atoms with E-state index in [0.717, 1.165) is 5.56 Å². The van der Waals surface area contributed by atoms with E-state index in [-0.39, 0.29) is 36.3 Å². The molecule has 2 amide bonds. The van der Waals surface area contributed by atoms with Crippen molar-refractivity contribution < 1.29 is 18.7 Å². The number of ether oxygens (including phenoxy) is 1. The molecule has 1 saturated heterocycles. The van der Waals surface area contributed by atoms with Gasteiger partial charge in [-0.2, -0.15) is 0 Å². The summed E-state index contributed by atoms with van der Waals surface area (Å²) in [5.74, 6) is 0.530. The summed E-state index contributed by atoms with van der Waals surface area (Å²) in [5, 5.41) is 2.65. The van der Waals surface area contributed by atoms with E-state index < -0.39 is 0 Å². The summed E-state index contributed by atoms with van der Waals surface area (Å²) in [4.78, 5) is 25.6. The zero-order valence-electron chi connectivity index (χ0n) is 14.4. The highest BCUT2D eigenvalue weighted by atomic mass is 16.5. The van der Waals surface area contributed by atoms with Crippen LogP contribution in [0.4, 0.5) is 0 Å². The van der Waals surface area contributed by atoms with Crippen molar-refractivity contribution in [2.24, 2.45) is 0 Å². The molecule has 2 atom stereocenters. The lowest BCUT2D eigenvalue weighted by Gasteiger charge is -2.37. The van der Waals surface area contributed by atoms with Crippen molar-refractivity contribution >= 4 is 11.8 Å². The van der Waals surface area contributed by atoms with Crippen molar-refractivity contribution in [2.45, 2.75) is 32.5 Å².